The zero-order valence-electron chi connectivity index (χ0n) is 8.99. The standard InChI is InChI=1S/C12H19NO/c1-3-12(13,10-14-4-2)11-8-6-5-7-9-11/h5-9H,3-4,10,13H2,1-2H3. The van der Waals surface area contributed by atoms with Crippen molar-refractivity contribution < 1.29 is 4.74 Å². The number of nitrogens with two attached hydrogens (primary N) is 1. The minimum Gasteiger partial charge on any atom is -0.379 e. The zero-order chi connectivity index (χ0) is 10.4. The summed E-state index contributed by atoms with van der Waals surface area (Å²) in [5, 5.41) is 0. The molecule has 0 aliphatic rings. The van der Waals surface area contributed by atoms with Gasteiger partial charge in [0.1, 0.15) is 0 Å². The maximum atomic E-state index is 6.28. The molecule has 1 atom stereocenters. The molecule has 0 spiro atoms. The first-order valence-corrected chi connectivity index (χ1v) is 5.15. The van der Waals surface area contributed by atoms with E-state index in [1.165, 1.54) is 0 Å². The molecule has 2 N–H and O–H groups in total. The van der Waals surface area contributed by atoms with Crippen LogP contribution in [0.3, 0.4) is 0 Å². The molecule has 0 bridgehead atoms. The van der Waals surface area contributed by atoms with E-state index in [0.717, 1.165) is 12.0 Å². The Hall–Kier alpha value is -0.860. The molecule has 2 nitrogen and oxygen atoms in total. The van der Waals surface area contributed by atoms with Crippen molar-refractivity contribution >= 4 is 0 Å². The number of hydrogen-bond acceptors (Lipinski definition) is 2. The lowest BCUT2D eigenvalue weighted by molar-refractivity contribution is 0.0916. The van der Waals surface area contributed by atoms with E-state index in [1.807, 2.05) is 25.1 Å². The topological polar surface area (TPSA) is 35.2 Å². The Kier molecular flexibility index (Phi) is 4.11. The van der Waals surface area contributed by atoms with Crippen molar-refractivity contribution in [2.24, 2.45) is 5.73 Å². The molecule has 0 saturated carbocycles. The van der Waals surface area contributed by atoms with Gasteiger partial charge in [0.05, 0.1) is 12.1 Å². The number of rotatable bonds is 5. The molecular formula is C12H19NO. The van der Waals surface area contributed by atoms with Crippen molar-refractivity contribution in [3.63, 3.8) is 0 Å². The van der Waals surface area contributed by atoms with Crippen LogP contribution in [0.1, 0.15) is 25.8 Å². The quantitative estimate of drug-likeness (QED) is 0.778. The molecule has 1 rings (SSSR count). The lowest BCUT2D eigenvalue weighted by Gasteiger charge is -2.28. The Morgan fingerprint density at radius 1 is 1.21 bits per heavy atom. The van der Waals surface area contributed by atoms with Crippen molar-refractivity contribution in [2.75, 3.05) is 13.2 Å². The molecule has 0 radical (unpaired) electrons. The summed E-state index contributed by atoms with van der Waals surface area (Å²) in [7, 11) is 0. The molecule has 0 amide bonds. The summed E-state index contributed by atoms with van der Waals surface area (Å²) < 4.78 is 5.42. The van der Waals surface area contributed by atoms with E-state index in [0.29, 0.717) is 13.2 Å². The van der Waals surface area contributed by atoms with Crippen molar-refractivity contribution in [2.45, 2.75) is 25.8 Å². The van der Waals surface area contributed by atoms with Crippen LogP contribution < -0.4 is 5.73 Å². The van der Waals surface area contributed by atoms with Gasteiger partial charge in [-0.25, -0.2) is 0 Å². The van der Waals surface area contributed by atoms with Gasteiger partial charge in [0.2, 0.25) is 0 Å². The van der Waals surface area contributed by atoms with Crippen LogP contribution in [-0.4, -0.2) is 13.2 Å². The van der Waals surface area contributed by atoms with Crippen molar-refractivity contribution in [3.8, 4) is 0 Å². The predicted octanol–water partition coefficient (Wildman–Crippen LogP) is 2.29. The predicted molar refractivity (Wildman–Crippen MR) is 59.1 cm³/mol. The summed E-state index contributed by atoms with van der Waals surface area (Å²) in [6.07, 6.45) is 0.886. The fourth-order valence-electron chi connectivity index (χ4n) is 1.44. The second-order valence-electron chi connectivity index (χ2n) is 3.51. The fourth-order valence-corrected chi connectivity index (χ4v) is 1.44. The molecule has 0 fully saturated rings. The number of benzene rings is 1. The Morgan fingerprint density at radius 2 is 1.86 bits per heavy atom. The average molecular weight is 193 g/mol. The third-order valence-corrected chi connectivity index (χ3v) is 2.54. The summed E-state index contributed by atoms with van der Waals surface area (Å²) in [5.41, 5.74) is 7.09. The largest absolute Gasteiger partial charge is 0.379 e. The molecule has 78 valence electrons. The van der Waals surface area contributed by atoms with E-state index in [1.54, 1.807) is 0 Å². The summed E-state index contributed by atoms with van der Waals surface area (Å²) in [5.74, 6) is 0. The van der Waals surface area contributed by atoms with Gasteiger partial charge in [-0.2, -0.15) is 0 Å². The van der Waals surface area contributed by atoms with Gasteiger partial charge in [0, 0.05) is 6.61 Å². The van der Waals surface area contributed by atoms with E-state index in [-0.39, 0.29) is 5.54 Å². The van der Waals surface area contributed by atoms with Crippen LogP contribution >= 0.6 is 0 Å². The lowest BCUT2D eigenvalue weighted by Crippen LogP contribution is -2.40. The second-order valence-corrected chi connectivity index (χ2v) is 3.51. The molecule has 1 aromatic carbocycles. The summed E-state index contributed by atoms with van der Waals surface area (Å²) in [6, 6.07) is 10.1. The zero-order valence-corrected chi connectivity index (χ0v) is 8.99. The molecule has 0 heterocycles. The molecule has 0 aromatic heterocycles. The Balaban J connectivity index is 2.79. The van der Waals surface area contributed by atoms with E-state index < -0.39 is 0 Å². The molecule has 0 saturated heterocycles. The van der Waals surface area contributed by atoms with E-state index in [9.17, 15) is 0 Å². The van der Waals surface area contributed by atoms with E-state index in [2.05, 4.69) is 19.1 Å². The molecule has 1 unspecified atom stereocenters. The summed E-state index contributed by atoms with van der Waals surface area (Å²) in [6.45, 7) is 5.38. The third kappa shape index (κ3) is 2.56. The van der Waals surface area contributed by atoms with Crippen molar-refractivity contribution in [1.29, 1.82) is 0 Å². The van der Waals surface area contributed by atoms with Gasteiger partial charge >= 0.3 is 0 Å². The van der Waals surface area contributed by atoms with Gasteiger partial charge in [-0.05, 0) is 18.9 Å². The van der Waals surface area contributed by atoms with Gasteiger partial charge in [0.15, 0.2) is 0 Å². The highest BCUT2D eigenvalue weighted by molar-refractivity contribution is 5.23. The Morgan fingerprint density at radius 3 is 2.36 bits per heavy atom. The number of hydrogen-bond donors (Lipinski definition) is 1. The number of ether oxygens (including phenoxy) is 1. The first-order valence-electron chi connectivity index (χ1n) is 5.15. The SMILES string of the molecule is CCOCC(N)(CC)c1ccccc1. The van der Waals surface area contributed by atoms with Crippen molar-refractivity contribution in [1.82, 2.24) is 0 Å². The molecule has 14 heavy (non-hydrogen) atoms. The van der Waals surface area contributed by atoms with Crippen LogP contribution in [0.2, 0.25) is 0 Å². The second kappa shape index (κ2) is 5.13. The first-order chi connectivity index (χ1) is 6.73. The van der Waals surface area contributed by atoms with Crippen LogP contribution in [0.25, 0.3) is 0 Å². The Bertz CT molecular complexity index is 260. The average Bonchev–Trinajstić information content (AvgIpc) is 2.27. The lowest BCUT2D eigenvalue weighted by atomic mass is 9.89. The van der Waals surface area contributed by atoms with Crippen molar-refractivity contribution in [3.05, 3.63) is 35.9 Å². The summed E-state index contributed by atoms with van der Waals surface area (Å²) >= 11 is 0. The first kappa shape index (κ1) is 11.2. The monoisotopic (exact) mass is 193 g/mol. The molecule has 2 heteroatoms. The molecular weight excluding hydrogens is 174 g/mol. The highest BCUT2D eigenvalue weighted by atomic mass is 16.5. The van der Waals surface area contributed by atoms with Gasteiger partial charge in [-0.15, -0.1) is 0 Å². The normalized spacial score (nSPS) is 15.1. The third-order valence-electron chi connectivity index (χ3n) is 2.54. The maximum absolute atomic E-state index is 6.28. The minimum absolute atomic E-state index is 0.336. The molecule has 1 aromatic rings. The van der Waals surface area contributed by atoms with Gasteiger partial charge < -0.3 is 10.5 Å². The van der Waals surface area contributed by atoms with Crippen LogP contribution in [0.5, 0.6) is 0 Å². The Labute approximate surface area is 86.1 Å². The fraction of sp³-hybridized carbons (Fsp3) is 0.500. The molecule has 0 aliphatic carbocycles. The van der Waals surface area contributed by atoms with E-state index >= 15 is 0 Å². The highest BCUT2D eigenvalue weighted by Crippen LogP contribution is 2.21. The van der Waals surface area contributed by atoms with Gasteiger partial charge in [-0.3, -0.25) is 0 Å². The van der Waals surface area contributed by atoms with Gasteiger partial charge in [-0.1, -0.05) is 37.3 Å². The summed E-state index contributed by atoms with van der Waals surface area (Å²) in [4.78, 5) is 0. The molecule has 0 aliphatic heterocycles. The minimum atomic E-state index is -0.336. The highest BCUT2D eigenvalue weighted by Gasteiger charge is 2.24. The van der Waals surface area contributed by atoms with Crippen LogP contribution in [0.4, 0.5) is 0 Å². The van der Waals surface area contributed by atoms with Gasteiger partial charge in [0.25, 0.3) is 0 Å². The van der Waals surface area contributed by atoms with Crippen LogP contribution in [-0.2, 0) is 10.3 Å². The van der Waals surface area contributed by atoms with Crippen LogP contribution in [0.15, 0.2) is 30.3 Å². The van der Waals surface area contributed by atoms with Crippen LogP contribution in [0, 0.1) is 0 Å². The smallest absolute Gasteiger partial charge is 0.0687 e. The maximum Gasteiger partial charge on any atom is 0.0687 e. The van der Waals surface area contributed by atoms with E-state index in [4.69, 9.17) is 10.5 Å².